The predicted molar refractivity (Wildman–Crippen MR) is 129 cm³/mol. The van der Waals surface area contributed by atoms with Crippen molar-refractivity contribution in [2.45, 2.75) is 49.1 Å². The number of alkyl halides is 3. The molecule has 3 heterocycles. The summed E-state index contributed by atoms with van der Waals surface area (Å²) in [5.74, 6) is 0.161. The first kappa shape index (κ1) is 24.6. The van der Waals surface area contributed by atoms with Crippen LogP contribution >= 0.6 is 0 Å². The van der Waals surface area contributed by atoms with Crippen LogP contribution in [0.2, 0.25) is 0 Å². The van der Waals surface area contributed by atoms with Crippen molar-refractivity contribution in [3.8, 4) is 0 Å². The molecule has 2 aromatic heterocycles. The van der Waals surface area contributed by atoms with Gasteiger partial charge in [0.05, 0.1) is 0 Å². The number of nitrogens with one attached hydrogen (secondary N) is 1. The summed E-state index contributed by atoms with van der Waals surface area (Å²) >= 11 is -0.103. The summed E-state index contributed by atoms with van der Waals surface area (Å²) in [4.78, 5) is 9.47. The minimum atomic E-state index is -1.59. The Morgan fingerprint density at radius 3 is 2.59 bits per heavy atom. The van der Waals surface area contributed by atoms with Crippen LogP contribution in [0.4, 0.5) is 8.78 Å². The summed E-state index contributed by atoms with van der Waals surface area (Å²) in [5, 5.41) is 7.75. The van der Waals surface area contributed by atoms with Crippen LogP contribution in [-0.2, 0) is 5.67 Å². The van der Waals surface area contributed by atoms with Gasteiger partial charge < -0.3 is 0 Å². The van der Waals surface area contributed by atoms with Crippen molar-refractivity contribution in [3.63, 3.8) is 0 Å². The van der Waals surface area contributed by atoms with E-state index < -0.39 is 5.67 Å². The van der Waals surface area contributed by atoms with Gasteiger partial charge in [0.1, 0.15) is 0 Å². The molecule has 1 N–H and O–H groups in total. The van der Waals surface area contributed by atoms with Crippen LogP contribution in [0, 0.1) is 18.2 Å². The van der Waals surface area contributed by atoms with Gasteiger partial charge in [-0.05, 0) is 0 Å². The minimum absolute atomic E-state index is 0.103. The molecular formula is C28H29F2IN3-. The topological polar surface area (TPSA) is 49.6 Å². The summed E-state index contributed by atoms with van der Waals surface area (Å²) < 4.78 is 30.3. The maximum atomic E-state index is 15.3. The van der Waals surface area contributed by atoms with Gasteiger partial charge in [0.2, 0.25) is 0 Å². The van der Waals surface area contributed by atoms with Crippen molar-refractivity contribution in [3.05, 3.63) is 100 Å². The van der Waals surface area contributed by atoms with Gasteiger partial charge >= 0.3 is 211 Å². The molecule has 6 heteroatoms. The van der Waals surface area contributed by atoms with Crippen molar-refractivity contribution >= 4 is 11.8 Å². The number of allylic oxidation sites excluding steroid dienone is 1. The molecule has 3 nitrogen and oxygen atoms in total. The van der Waals surface area contributed by atoms with E-state index in [1.54, 1.807) is 26.1 Å². The Kier molecular flexibility index (Phi) is 7.55. The molecule has 4 rings (SSSR count). The zero-order valence-electron chi connectivity index (χ0n) is 19.7. The van der Waals surface area contributed by atoms with Crippen molar-refractivity contribution < 1.29 is 30.0 Å². The van der Waals surface area contributed by atoms with Crippen LogP contribution < -0.4 is 21.2 Å². The Morgan fingerprint density at radius 2 is 1.91 bits per heavy atom. The Balaban J connectivity index is 1.76. The van der Waals surface area contributed by atoms with E-state index in [1.807, 2.05) is 43.3 Å². The SMILES string of the molecule is Cc1ncccc1/C(=C\C=N)c1nc(C2CC(c3ccc(F)cc3)CC[I-]2)ccc1C(C)(C)F. The third kappa shape index (κ3) is 5.43. The molecule has 34 heavy (non-hydrogen) atoms. The van der Waals surface area contributed by atoms with Crippen LogP contribution in [0.1, 0.15) is 70.3 Å². The molecule has 0 amide bonds. The number of hydrogen-bond acceptors (Lipinski definition) is 3. The van der Waals surface area contributed by atoms with E-state index in [9.17, 15) is 4.39 Å². The third-order valence-corrected chi connectivity index (χ3v) is 9.72. The molecule has 0 radical (unpaired) electrons. The van der Waals surface area contributed by atoms with Crippen molar-refractivity contribution in [2.24, 2.45) is 0 Å². The zero-order valence-corrected chi connectivity index (χ0v) is 21.8. The first-order valence-corrected chi connectivity index (χ1v) is 14.2. The van der Waals surface area contributed by atoms with E-state index >= 15 is 4.39 Å². The van der Waals surface area contributed by atoms with E-state index in [-0.39, 0.29) is 27.0 Å². The second kappa shape index (κ2) is 10.4. The molecule has 0 bridgehead atoms. The molecule has 1 saturated heterocycles. The number of benzene rings is 1. The number of aryl methyl sites for hydroxylation is 1. The fourth-order valence-corrected chi connectivity index (χ4v) is 8.11. The van der Waals surface area contributed by atoms with Crippen molar-refractivity contribution in [2.75, 3.05) is 4.43 Å². The average molecular weight is 572 g/mol. The van der Waals surface area contributed by atoms with Gasteiger partial charge in [0, 0.05) is 0 Å². The van der Waals surface area contributed by atoms with Crippen LogP contribution in [0.5, 0.6) is 0 Å². The van der Waals surface area contributed by atoms with Gasteiger partial charge in [-0.3, -0.25) is 0 Å². The van der Waals surface area contributed by atoms with Gasteiger partial charge in [-0.2, -0.15) is 0 Å². The first-order valence-electron chi connectivity index (χ1n) is 11.4. The van der Waals surface area contributed by atoms with E-state index in [0.29, 0.717) is 26.7 Å². The quantitative estimate of drug-likeness (QED) is 0.277. The van der Waals surface area contributed by atoms with E-state index in [0.717, 1.165) is 29.8 Å². The van der Waals surface area contributed by atoms with Gasteiger partial charge in [0.25, 0.3) is 0 Å². The van der Waals surface area contributed by atoms with Gasteiger partial charge in [-0.15, -0.1) is 0 Å². The molecule has 2 atom stereocenters. The Hall–Kier alpha value is -2.48. The number of pyridine rings is 2. The summed E-state index contributed by atoms with van der Waals surface area (Å²) in [6.07, 6.45) is 6.73. The molecule has 3 aromatic rings. The Morgan fingerprint density at radius 1 is 1.15 bits per heavy atom. The second-order valence-electron chi connectivity index (χ2n) is 9.07. The Labute approximate surface area is 210 Å². The summed E-state index contributed by atoms with van der Waals surface area (Å²) in [7, 11) is 0. The standard InChI is InChI=1S/C28H29F2IN3/c1-18-22(5-4-16-33-18)23(13-15-32)27-24(28(2,3)30)10-11-26(34-27)25-17-20(12-14-31-25)19-6-8-21(29)9-7-19/h4-11,13,15-16,20,25,32H,12,14,17H2,1-3H3/q-1/b23-13+,32-15?. The van der Waals surface area contributed by atoms with E-state index in [1.165, 1.54) is 28.3 Å². The fourth-order valence-electron chi connectivity index (χ4n) is 4.48. The number of halogens is 3. The van der Waals surface area contributed by atoms with Gasteiger partial charge in [-0.1, -0.05) is 0 Å². The van der Waals surface area contributed by atoms with Crippen LogP contribution in [0.25, 0.3) is 5.57 Å². The number of aromatic nitrogens is 2. The molecule has 178 valence electrons. The third-order valence-electron chi connectivity index (χ3n) is 6.27. The van der Waals surface area contributed by atoms with Gasteiger partial charge in [0.15, 0.2) is 0 Å². The second-order valence-corrected chi connectivity index (χ2v) is 12.5. The molecule has 1 aliphatic rings. The molecule has 1 aliphatic heterocycles. The summed E-state index contributed by atoms with van der Waals surface area (Å²) in [6.45, 7) is 5.00. The maximum absolute atomic E-state index is 15.3. The average Bonchev–Trinajstić information content (AvgIpc) is 2.83. The van der Waals surface area contributed by atoms with Crippen LogP contribution in [0.15, 0.2) is 60.8 Å². The molecule has 0 saturated carbocycles. The number of nitrogens with zero attached hydrogens (tertiary/aromatic N) is 2. The summed E-state index contributed by atoms with van der Waals surface area (Å²) in [5.41, 5.74) is 4.04. The van der Waals surface area contributed by atoms with E-state index in [4.69, 9.17) is 10.4 Å². The molecular weight excluding hydrogens is 543 g/mol. The normalized spacial score (nSPS) is 19.4. The zero-order chi connectivity index (χ0) is 24.3. The first-order chi connectivity index (χ1) is 16.3. The molecule has 1 fully saturated rings. The molecule has 2 unspecified atom stereocenters. The van der Waals surface area contributed by atoms with E-state index in [2.05, 4.69) is 4.98 Å². The van der Waals surface area contributed by atoms with Crippen LogP contribution in [-0.4, -0.2) is 20.6 Å². The molecule has 0 aliphatic carbocycles. The monoisotopic (exact) mass is 572 g/mol. The molecule has 0 spiro atoms. The molecule has 1 aromatic carbocycles. The fraction of sp³-hybridized carbons (Fsp3) is 0.321. The van der Waals surface area contributed by atoms with Crippen molar-refractivity contribution in [1.82, 2.24) is 9.97 Å². The van der Waals surface area contributed by atoms with Crippen LogP contribution in [0.3, 0.4) is 0 Å². The van der Waals surface area contributed by atoms with Gasteiger partial charge in [-0.25, -0.2) is 0 Å². The predicted octanol–water partition coefficient (Wildman–Crippen LogP) is 3.92. The number of rotatable bonds is 6. The number of hydrogen-bond donors (Lipinski definition) is 1. The van der Waals surface area contributed by atoms with Crippen molar-refractivity contribution in [1.29, 1.82) is 5.41 Å². The summed E-state index contributed by atoms with van der Waals surface area (Å²) in [6, 6.07) is 14.5. The Bertz CT molecular complexity index is 1200.